The van der Waals surface area contributed by atoms with Crippen molar-refractivity contribution >= 4 is 0 Å². The minimum atomic E-state index is 1.06. The van der Waals surface area contributed by atoms with Crippen LogP contribution in [0.15, 0.2) is 12.3 Å². The Balaban J connectivity index is 2.51. The highest BCUT2D eigenvalue weighted by atomic mass is 15.3. The number of aryl methyl sites for hydroxylation is 2. The standard InChI is InChI=1S/C10H18N2/c1-3-5-6-10-7-8-11-12(10)9-4-2/h7-8H,3-6,9H2,1-2H3. The van der Waals surface area contributed by atoms with E-state index in [0.29, 0.717) is 0 Å². The monoisotopic (exact) mass is 166 g/mol. The first-order valence-corrected chi connectivity index (χ1v) is 4.89. The molecule has 12 heavy (non-hydrogen) atoms. The number of nitrogens with zero attached hydrogens (tertiary/aromatic N) is 2. The third kappa shape index (κ3) is 2.36. The number of unbranched alkanes of at least 4 members (excludes halogenated alkanes) is 1. The van der Waals surface area contributed by atoms with Gasteiger partial charge in [0, 0.05) is 18.4 Å². The van der Waals surface area contributed by atoms with Crippen molar-refractivity contribution in [2.45, 2.75) is 46.1 Å². The zero-order valence-corrected chi connectivity index (χ0v) is 8.08. The fourth-order valence-corrected chi connectivity index (χ4v) is 1.34. The van der Waals surface area contributed by atoms with E-state index < -0.39 is 0 Å². The van der Waals surface area contributed by atoms with Crippen molar-refractivity contribution in [3.8, 4) is 0 Å². The van der Waals surface area contributed by atoms with Gasteiger partial charge < -0.3 is 0 Å². The summed E-state index contributed by atoms with van der Waals surface area (Å²) in [4.78, 5) is 0. The molecule has 2 heteroatoms. The normalized spacial score (nSPS) is 10.5. The third-order valence-corrected chi connectivity index (χ3v) is 2.03. The molecule has 0 aliphatic rings. The molecule has 0 spiro atoms. The van der Waals surface area contributed by atoms with Gasteiger partial charge in [-0.3, -0.25) is 4.68 Å². The molecule has 0 atom stereocenters. The van der Waals surface area contributed by atoms with Crippen LogP contribution in [0.5, 0.6) is 0 Å². The van der Waals surface area contributed by atoms with Crippen LogP contribution >= 0.6 is 0 Å². The molecular weight excluding hydrogens is 148 g/mol. The fourth-order valence-electron chi connectivity index (χ4n) is 1.34. The van der Waals surface area contributed by atoms with Gasteiger partial charge in [0.25, 0.3) is 0 Å². The lowest BCUT2D eigenvalue weighted by Gasteiger charge is -2.04. The molecule has 1 heterocycles. The molecule has 0 aromatic carbocycles. The van der Waals surface area contributed by atoms with E-state index in [1.54, 1.807) is 0 Å². The molecule has 1 aromatic heterocycles. The van der Waals surface area contributed by atoms with E-state index in [2.05, 4.69) is 29.7 Å². The molecule has 0 bridgehead atoms. The summed E-state index contributed by atoms with van der Waals surface area (Å²) in [6, 6.07) is 2.13. The van der Waals surface area contributed by atoms with Crippen LogP contribution in [0.25, 0.3) is 0 Å². The van der Waals surface area contributed by atoms with Gasteiger partial charge in [-0.25, -0.2) is 0 Å². The number of aromatic nitrogens is 2. The highest BCUT2D eigenvalue weighted by molar-refractivity contribution is 5.00. The smallest absolute Gasteiger partial charge is 0.0492 e. The average molecular weight is 166 g/mol. The molecule has 0 unspecified atom stereocenters. The molecule has 0 saturated heterocycles. The van der Waals surface area contributed by atoms with Gasteiger partial charge in [0.05, 0.1) is 0 Å². The van der Waals surface area contributed by atoms with Gasteiger partial charge in [-0.2, -0.15) is 5.10 Å². The molecule has 0 amide bonds. The molecule has 0 saturated carbocycles. The molecule has 0 fully saturated rings. The predicted molar refractivity (Wildman–Crippen MR) is 51.1 cm³/mol. The highest BCUT2D eigenvalue weighted by Crippen LogP contribution is 2.04. The van der Waals surface area contributed by atoms with Crippen molar-refractivity contribution in [2.75, 3.05) is 0 Å². The summed E-state index contributed by atoms with van der Waals surface area (Å²) in [6.07, 6.45) is 6.78. The van der Waals surface area contributed by atoms with Crippen LogP contribution in [0.2, 0.25) is 0 Å². The summed E-state index contributed by atoms with van der Waals surface area (Å²) in [5.74, 6) is 0. The minimum absolute atomic E-state index is 1.06. The zero-order valence-electron chi connectivity index (χ0n) is 8.08. The zero-order chi connectivity index (χ0) is 8.81. The minimum Gasteiger partial charge on any atom is -0.270 e. The van der Waals surface area contributed by atoms with Gasteiger partial charge in [-0.05, 0) is 25.3 Å². The predicted octanol–water partition coefficient (Wildman–Crippen LogP) is 2.64. The van der Waals surface area contributed by atoms with Crippen LogP contribution in [0.4, 0.5) is 0 Å². The first-order chi connectivity index (χ1) is 5.88. The van der Waals surface area contributed by atoms with E-state index in [1.165, 1.54) is 31.4 Å². The SMILES string of the molecule is CCCCc1ccnn1CCC. The Morgan fingerprint density at radius 2 is 2.17 bits per heavy atom. The molecule has 0 radical (unpaired) electrons. The second-order valence-electron chi connectivity index (χ2n) is 3.15. The van der Waals surface area contributed by atoms with Crippen molar-refractivity contribution < 1.29 is 0 Å². The molecule has 0 aliphatic heterocycles. The van der Waals surface area contributed by atoms with Crippen molar-refractivity contribution in [3.05, 3.63) is 18.0 Å². The van der Waals surface area contributed by atoms with E-state index in [-0.39, 0.29) is 0 Å². The molecule has 0 N–H and O–H groups in total. The van der Waals surface area contributed by atoms with Gasteiger partial charge in [0.1, 0.15) is 0 Å². The summed E-state index contributed by atoms with van der Waals surface area (Å²) in [7, 11) is 0. The van der Waals surface area contributed by atoms with Gasteiger partial charge in [0.2, 0.25) is 0 Å². The van der Waals surface area contributed by atoms with Crippen molar-refractivity contribution in [1.82, 2.24) is 9.78 Å². The largest absolute Gasteiger partial charge is 0.270 e. The average Bonchev–Trinajstić information content (AvgIpc) is 2.50. The second-order valence-corrected chi connectivity index (χ2v) is 3.15. The lowest BCUT2D eigenvalue weighted by molar-refractivity contribution is 0.565. The summed E-state index contributed by atoms with van der Waals surface area (Å²) in [5.41, 5.74) is 1.39. The molecule has 2 nitrogen and oxygen atoms in total. The van der Waals surface area contributed by atoms with Crippen LogP contribution in [0.1, 0.15) is 38.8 Å². The Labute approximate surface area is 74.6 Å². The van der Waals surface area contributed by atoms with Crippen LogP contribution in [0.3, 0.4) is 0 Å². The fraction of sp³-hybridized carbons (Fsp3) is 0.700. The number of rotatable bonds is 5. The Hall–Kier alpha value is -0.790. The molecular formula is C10H18N2. The Morgan fingerprint density at radius 1 is 1.33 bits per heavy atom. The summed E-state index contributed by atoms with van der Waals surface area (Å²) in [6.45, 7) is 5.47. The van der Waals surface area contributed by atoms with E-state index in [1.807, 2.05) is 6.20 Å². The quantitative estimate of drug-likeness (QED) is 0.657. The van der Waals surface area contributed by atoms with Crippen molar-refractivity contribution in [1.29, 1.82) is 0 Å². The Morgan fingerprint density at radius 3 is 2.83 bits per heavy atom. The number of hydrogen-bond donors (Lipinski definition) is 0. The van der Waals surface area contributed by atoms with E-state index in [4.69, 9.17) is 0 Å². The third-order valence-electron chi connectivity index (χ3n) is 2.03. The highest BCUT2D eigenvalue weighted by Gasteiger charge is 1.99. The van der Waals surface area contributed by atoms with Gasteiger partial charge >= 0.3 is 0 Å². The summed E-state index contributed by atoms with van der Waals surface area (Å²) < 4.78 is 2.12. The van der Waals surface area contributed by atoms with Crippen molar-refractivity contribution in [2.24, 2.45) is 0 Å². The second kappa shape index (κ2) is 4.96. The maximum Gasteiger partial charge on any atom is 0.0492 e. The topological polar surface area (TPSA) is 17.8 Å². The van der Waals surface area contributed by atoms with E-state index in [0.717, 1.165) is 6.54 Å². The molecule has 68 valence electrons. The van der Waals surface area contributed by atoms with E-state index in [9.17, 15) is 0 Å². The van der Waals surface area contributed by atoms with Crippen LogP contribution < -0.4 is 0 Å². The van der Waals surface area contributed by atoms with Gasteiger partial charge in [-0.15, -0.1) is 0 Å². The lowest BCUT2D eigenvalue weighted by Crippen LogP contribution is -2.03. The van der Waals surface area contributed by atoms with Crippen LogP contribution in [-0.2, 0) is 13.0 Å². The van der Waals surface area contributed by atoms with Crippen molar-refractivity contribution in [3.63, 3.8) is 0 Å². The molecule has 1 rings (SSSR count). The maximum absolute atomic E-state index is 4.28. The Kier molecular flexibility index (Phi) is 3.85. The first-order valence-electron chi connectivity index (χ1n) is 4.89. The molecule has 0 aliphatic carbocycles. The lowest BCUT2D eigenvalue weighted by atomic mass is 10.2. The first kappa shape index (κ1) is 9.30. The molecule has 1 aromatic rings. The van der Waals surface area contributed by atoms with Gasteiger partial charge in [0.15, 0.2) is 0 Å². The van der Waals surface area contributed by atoms with E-state index >= 15 is 0 Å². The summed E-state index contributed by atoms with van der Waals surface area (Å²) >= 11 is 0. The summed E-state index contributed by atoms with van der Waals surface area (Å²) in [5, 5.41) is 4.28. The van der Waals surface area contributed by atoms with Gasteiger partial charge in [-0.1, -0.05) is 20.3 Å². The maximum atomic E-state index is 4.28. The Bertz CT molecular complexity index is 215. The van der Waals surface area contributed by atoms with Crippen LogP contribution in [0, 0.1) is 0 Å². The van der Waals surface area contributed by atoms with Crippen LogP contribution in [-0.4, -0.2) is 9.78 Å². The number of hydrogen-bond acceptors (Lipinski definition) is 1.